The average molecular weight is 584 g/mol. The highest BCUT2D eigenvalue weighted by atomic mass is 35.5. The fourth-order valence-corrected chi connectivity index (χ4v) is 5.75. The zero-order chi connectivity index (χ0) is 28.1. The number of rotatable bonds is 8. The molecule has 212 valence electrons. The van der Waals surface area contributed by atoms with Crippen LogP contribution in [0.2, 0.25) is 10.0 Å². The van der Waals surface area contributed by atoms with Crippen molar-refractivity contribution in [3.63, 3.8) is 0 Å². The zero-order valence-corrected chi connectivity index (χ0v) is 24.6. The van der Waals surface area contributed by atoms with Crippen LogP contribution in [0.1, 0.15) is 24.8 Å². The number of hydrogen-bond acceptors (Lipinski definition) is 7. The smallest absolute Gasteiger partial charge is 0.222 e. The molecule has 0 radical (unpaired) electrons. The summed E-state index contributed by atoms with van der Waals surface area (Å²) in [4.78, 5) is 28.0. The third-order valence-electron chi connectivity index (χ3n) is 7.48. The van der Waals surface area contributed by atoms with E-state index in [0.717, 1.165) is 81.3 Å². The van der Waals surface area contributed by atoms with Gasteiger partial charge in [0.2, 0.25) is 11.8 Å². The van der Waals surface area contributed by atoms with Gasteiger partial charge in [-0.2, -0.15) is 0 Å². The first-order chi connectivity index (χ1) is 19.3. The number of anilines is 1. The summed E-state index contributed by atoms with van der Waals surface area (Å²) in [7, 11) is 3.64. The molecule has 2 fully saturated rings. The summed E-state index contributed by atoms with van der Waals surface area (Å²) in [6.45, 7) is 6.43. The monoisotopic (exact) mass is 582 g/mol. The average Bonchev–Trinajstić information content (AvgIpc) is 2.94. The molecule has 40 heavy (non-hydrogen) atoms. The maximum atomic E-state index is 12.2. The quantitative estimate of drug-likeness (QED) is 0.384. The summed E-state index contributed by atoms with van der Waals surface area (Å²) in [6.07, 6.45) is 4.39. The molecule has 2 saturated heterocycles. The summed E-state index contributed by atoms with van der Waals surface area (Å²) in [5.41, 5.74) is 2.66. The molecular weight excluding hydrogens is 547 g/mol. The first-order valence-corrected chi connectivity index (χ1v) is 14.6. The number of pyridine rings is 2. The van der Waals surface area contributed by atoms with Gasteiger partial charge in [-0.3, -0.25) is 9.69 Å². The van der Waals surface area contributed by atoms with Crippen LogP contribution in [0, 0.1) is 5.92 Å². The zero-order valence-electron chi connectivity index (χ0n) is 23.1. The van der Waals surface area contributed by atoms with E-state index in [2.05, 4.69) is 26.2 Å². The van der Waals surface area contributed by atoms with Crippen LogP contribution in [0.4, 0.5) is 5.82 Å². The molecule has 0 spiro atoms. The Morgan fingerprint density at radius 3 is 2.40 bits per heavy atom. The Balaban J connectivity index is 1.33. The second kappa shape index (κ2) is 13.2. The molecule has 2 aliphatic heterocycles. The first kappa shape index (κ1) is 28.6. The fraction of sp³-hybridized carbons (Fsp3) is 0.433. The molecule has 0 unspecified atom stereocenters. The molecule has 2 aromatic heterocycles. The summed E-state index contributed by atoms with van der Waals surface area (Å²) < 4.78 is 6.23. The maximum Gasteiger partial charge on any atom is 0.222 e. The number of piperidine rings is 1. The van der Waals surface area contributed by atoms with Crippen LogP contribution in [0.5, 0.6) is 11.6 Å². The lowest BCUT2D eigenvalue weighted by molar-refractivity contribution is -0.130. The number of likely N-dealkylation sites (tertiary alicyclic amines) is 1. The Labute approximate surface area is 246 Å². The van der Waals surface area contributed by atoms with E-state index in [0.29, 0.717) is 34.0 Å². The number of carbonyl (C=O) groups is 1. The van der Waals surface area contributed by atoms with Crippen LogP contribution in [0.15, 0.2) is 48.7 Å². The van der Waals surface area contributed by atoms with E-state index >= 15 is 0 Å². The maximum absolute atomic E-state index is 12.2. The summed E-state index contributed by atoms with van der Waals surface area (Å²) in [6, 6.07) is 13.4. The van der Waals surface area contributed by atoms with Crippen molar-refractivity contribution >= 4 is 34.9 Å². The van der Waals surface area contributed by atoms with E-state index in [1.807, 2.05) is 44.4 Å². The Hall–Kier alpha value is -2.91. The number of amides is 1. The van der Waals surface area contributed by atoms with E-state index in [-0.39, 0.29) is 5.91 Å². The minimum Gasteiger partial charge on any atom is -0.437 e. The van der Waals surface area contributed by atoms with Crippen molar-refractivity contribution in [2.75, 3.05) is 58.3 Å². The molecule has 3 aromatic rings. The number of carbonyl (C=O) groups excluding carboxylic acids is 1. The summed E-state index contributed by atoms with van der Waals surface area (Å²) in [5.74, 6) is 2.70. The highest BCUT2D eigenvalue weighted by Gasteiger charge is 2.23. The van der Waals surface area contributed by atoms with Crippen molar-refractivity contribution in [1.82, 2.24) is 25.1 Å². The molecule has 10 heteroatoms. The van der Waals surface area contributed by atoms with Gasteiger partial charge in [-0.25, -0.2) is 9.97 Å². The lowest BCUT2D eigenvalue weighted by atomic mass is 9.93. The predicted molar refractivity (Wildman–Crippen MR) is 160 cm³/mol. The van der Waals surface area contributed by atoms with E-state index in [4.69, 9.17) is 32.9 Å². The first-order valence-electron chi connectivity index (χ1n) is 13.8. The molecule has 1 N–H and O–H groups in total. The van der Waals surface area contributed by atoms with Crippen molar-refractivity contribution in [2.45, 2.75) is 25.8 Å². The summed E-state index contributed by atoms with van der Waals surface area (Å²) in [5, 5.41) is 4.47. The Morgan fingerprint density at radius 1 is 1.02 bits per heavy atom. The molecule has 0 aliphatic carbocycles. The van der Waals surface area contributed by atoms with Gasteiger partial charge in [0.15, 0.2) is 0 Å². The number of nitrogens with one attached hydrogen (secondary N) is 1. The van der Waals surface area contributed by atoms with Gasteiger partial charge in [-0.1, -0.05) is 23.2 Å². The van der Waals surface area contributed by atoms with Crippen molar-refractivity contribution in [3.05, 3.63) is 64.3 Å². The third-order valence-corrected chi connectivity index (χ3v) is 7.92. The van der Waals surface area contributed by atoms with Gasteiger partial charge in [-0.05, 0) is 73.8 Å². The topological polar surface area (TPSA) is 73.8 Å². The minimum atomic E-state index is 0.203. The molecule has 1 amide bonds. The predicted octanol–water partition coefficient (Wildman–Crippen LogP) is 5.34. The molecule has 0 saturated carbocycles. The van der Waals surface area contributed by atoms with Gasteiger partial charge in [0.25, 0.3) is 0 Å². The molecular formula is C30H36Cl2N6O2. The SMILES string of the molecule is CN(C)C(=O)CC1CCN(Cc2cc(Oc3ccc(N4CCNCC4)nc3)nc(-c3cc(Cl)cc(Cl)c3)c2)CC1. The van der Waals surface area contributed by atoms with E-state index in [9.17, 15) is 4.79 Å². The van der Waals surface area contributed by atoms with Crippen molar-refractivity contribution in [3.8, 4) is 22.9 Å². The van der Waals surface area contributed by atoms with Crippen LogP contribution >= 0.6 is 23.2 Å². The van der Waals surface area contributed by atoms with Gasteiger partial charge in [0, 0.05) is 74.9 Å². The van der Waals surface area contributed by atoms with Crippen LogP contribution < -0.4 is 15.0 Å². The molecule has 8 nitrogen and oxygen atoms in total. The fourth-order valence-electron chi connectivity index (χ4n) is 5.22. The third kappa shape index (κ3) is 7.63. The summed E-state index contributed by atoms with van der Waals surface area (Å²) >= 11 is 12.6. The Morgan fingerprint density at radius 2 is 1.75 bits per heavy atom. The van der Waals surface area contributed by atoms with Crippen LogP contribution in [-0.4, -0.2) is 79.0 Å². The number of piperazine rings is 1. The molecule has 0 atom stereocenters. The number of ether oxygens (including phenoxy) is 1. The molecule has 5 rings (SSSR count). The second-order valence-corrected chi connectivity index (χ2v) is 11.6. The highest BCUT2D eigenvalue weighted by molar-refractivity contribution is 6.35. The minimum absolute atomic E-state index is 0.203. The Bertz CT molecular complexity index is 1290. The van der Waals surface area contributed by atoms with E-state index in [1.54, 1.807) is 17.2 Å². The van der Waals surface area contributed by atoms with Crippen molar-refractivity contribution in [1.29, 1.82) is 0 Å². The van der Waals surface area contributed by atoms with E-state index in [1.165, 1.54) is 0 Å². The van der Waals surface area contributed by atoms with Crippen molar-refractivity contribution in [2.24, 2.45) is 5.92 Å². The largest absolute Gasteiger partial charge is 0.437 e. The number of hydrogen-bond donors (Lipinski definition) is 1. The lowest BCUT2D eigenvalue weighted by Crippen LogP contribution is -2.43. The standard InChI is InChI=1S/C30H36Cl2N6O2/c1-36(2)30(39)15-21-5-9-37(10-6-21)20-22-13-27(23-16-24(31)18-25(32)17-23)35-29(14-22)40-26-3-4-28(34-19-26)38-11-7-33-8-12-38/h3-4,13-14,16-19,21,33H,5-12,15,20H2,1-2H3. The Kier molecular flexibility index (Phi) is 9.42. The molecule has 4 heterocycles. The molecule has 1 aromatic carbocycles. The number of nitrogens with zero attached hydrogens (tertiary/aromatic N) is 5. The van der Waals surface area contributed by atoms with Crippen molar-refractivity contribution < 1.29 is 9.53 Å². The van der Waals surface area contributed by atoms with Crippen LogP contribution in [-0.2, 0) is 11.3 Å². The number of benzene rings is 1. The molecule has 2 aliphatic rings. The number of halogens is 2. The van der Waals surface area contributed by atoms with E-state index < -0.39 is 0 Å². The van der Waals surface area contributed by atoms with Crippen LogP contribution in [0.3, 0.4) is 0 Å². The second-order valence-electron chi connectivity index (χ2n) is 10.8. The molecule has 0 bridgehead atoms. The lowest BCUT2D eigenvalue weighted by Gasteiger charge is -2.32. The van der Waals surface area contributed by atoms with Gasteiger partial charge < -0.3 is 19.9 Å². The van der Waals surface area contributed by atoms with Crippen LogP contribution in [0.25, 0.3) is 11.3 Å². The highest BCUT2D eigenvalue weighted by Crippen LogP contribution is 2.31. The van der Waals surface area contributed by atoms with Gasteiger partial charge >= 0.3 is 0 Å². The van der Waals surface area contributed by atoms with Gasteiger partial charge in [-0.15, -0.1) is 0 Å². The number of aromatic nitrogens is 2. The van der Waals surface area contributed by atoms with Gasteiger partial charge in [0.05, 0.1) is 11.9 Å². The normalized spacial score (nSPS) is 16.6. The van der Waals surface area contributed by atoms with Gasteiger partial charge in [0.1, 0.15) is 11.6 Å².